The fourth-order valence-electron chi connectivity index (χ4n) is 1.63. The van der Waals surface area contributed by atoms with E-state index in [-0.39, 0.29) is 5.97 Å². The molecule has 2 aromatic rings. The molecule has 84 valence electrons. The number of aromatic amines is 1. The fourth-order valence-corrected chi connectivity index (χ4v) is 1.79. The number of hydrogen-bond acceptors (Lipinski definition) is 2. The lowest BCUT2D eigenvalue weighted by molar-refractivity contribution is 0.0529. The Bertz CT molecular complexity index is 545. The number of esters is 1. The Kier molecular flexibility index (Phi) is 2.88. The number of carbonyl (C=O) groups excluding carboxylic acids is 1. The minimum absolute atomic E-state index is 0.325. The van der Waals surface area contributed by atoms with E-state index in [1.165, 1.54) is 0 Å². The number of fused-ring (bicyclic) bond motifs is 1. The number of rotatable bonds is 2. The lowest BCUT2D eigenvalue weighted by Crippen LogP contribution is -2.03. The molecular weight excluding hydrogens is 226 g/mol. The van der Waals surface area contributed by atoms with Gasteiger partial charge in [0.25, 0.3) is 0 Å². The fraction of sp³-hybridized carbons (Fsp3) is 0.250. The van der Waals surface area contributed by atoms with Crippen LogP contribution >= 0.6 is 11.6 Å². The van der Waals surface area contributed by atoms with Gasteiger partial charge in [-0.05, 0) is 31.5 Å². The van der Waals surface area contributed by atoms with Crippen LogP contribution in [0.15, 0.2) is 18.3 Å². The van der Waals surface area contributed by atoms with E-state index in [2.05, 4.69) is 4.98 Å². The van der Waals surface area contributed by atoms with E-state index in [4.69, 9.17) is 16.3 Å². The molecule has 0 spiro atoms. The van der Waals surface area contributed by atoms with Gasteiger partial charge in [0, 0.05) is 22.1 Å². The van der Waals surface area contributed by atoms with E-state index in [9.17, 15) is 4.79 Å². The molecule has 4 heteroatoms. The predicted molar refractivity (Wildman–Crippen MR) is 64.0 cm³/mol. The molecule has 0 atom stereocenters. The molecule has 0 aliphatic heterocycles. The van der Waals surface area contributed by atoms with E-state index in [1.807, 2.05) is 13.0 Å². The van der Waals surface area contributed by atoms with E-state index in [0.717, 1.165) is 16.5 Å². The first-order valence-corrected chi connectivity index (χ1v) is 5.45. The molecule has 0 aliphatic carbocycles. The number of benzene rings is 1. The summed E-state index contributed by atoms with van der Waals surface area (Å²) in [6, 6.07) is 3.70. The maximum absolute atomic E-state index is 11.6. The second kappa shape index (κ2) is 4.18. The van der Waals surface area contributed by atoms with Gasteiger partial charge in [-0.25, -0.2) is 4.79 Å². The van der Waals surface area contributed by atoms with Crippen LogP contribution < -0.4 is 0 Å². The monoisotopic (exact) mass is 237 g/mol. The lowest BCUT2D eigenvalue weighted by Gasteiger charge is -2.01. The van der Waals surface area contributed by atoms with Crippen LogP contribution in [0.3, 0.4) is 0 Å². The molecule has 1 N–H and O–H groups in total. The van der Waals surface area contributed by atoms with E-state index in [0.29, 0.717) is 17.2 Å². The Balaban J connectivity index is 2.56. The van der Waals surface area contributed by atoms with Crippen LogP contribution in [0.1, 0.15) is 22.8 Å². The van der Waals surface area contributed by atoms with Crippen molar-refractivity contribution in [3.8, 4) is 0 Å². The molecule has 0 bridgehead atoms. The Labute approximate surface area is 98.4 Å². The zero-order valence-corrected chi connectivity index (χ0v) is 9.89. The van der Waals surface area contributed by atoms with Crippen molar-refractivity contribution in [3.05, 3.63) is 34.5 Å². The third-order valence-electron chi connectivity index (χ3n) is 2.46. The van der Waals surface area contributed by atoms with Crippen LogP contribution in [0.25, 0.3) is 10.9 Å². The van der Waals surface area contributed by atoms with Crippen LogP contribution in [0, 0.1) is 6.92 Å². The maximum atomic E-state index is 11.6. The molecule has 0 fully saturated rings. The third kappa shape index (κ3) is 1.78. The van der Waals surface area contributed by atoms with Crippen molar-refractivity contribution in [1.29, 1.82) is 0 Å². The van der Waals surface area contributed by atoms with Gasteiger partial charge in [-0.3, -0.25) is 0 Å². The van der Waals surface area contributed by atoms with Crippen LogP contribution in [-0.4, -0.2) is 17.6 Å². The van der Waals surface area contributed by atoms with Gasteiger partial charge >= 0.3 is 5.97 Å². The highest BCUT2D eigenvalue weighted by Crippen LogP contribution is 2.26. The number of aromatic nitrogens is 1. The average Bonchev–Trinajstić information content (AvgIpc) is 2.62. The van der Waals surface area contributed by atoms with E-state index in [1.54, 1.807) is 19.2 Å². The van der Waals surface area contributed by atoms with Gasteiger partial charge in [0.05, 0.1) is 12.2 Å². The smallest absolute Gasteiger partial charge is 0.340 e. The summed E-state index contributed by atoms with van der Waals surface area (Å²) in [7, 11) is 0. The summed E-state index contributed by atoms with van der Waals surface area (Å²) in [6.07, 6.45) is 1.65. The van der Waals surface area contributed by atoms with E-state index < -0.39 is 0 Å². The van der Waals surface area contributed by atoms with Crippen LogP contribution in [0.4, 0.5) is 0 Å². The summed E-state index contributed by atoms with van der Waals surface area (Å²) in [6.45, 7) is 4.07. The van der Waals surface area contributed by atoms with Gasteiger partial charge in [0.15, 0.2) is 0 Å². The molecule has 3 nitrogen and oxygen atoms in total. The molecule has 2 rings (SSSR count). The molecular formula is C12H12ClNO2. The summed E-state index contributed by atoms with van der Waals surface area (Å²) in [4.78, 5) is 14.7. The zero-order chi connectivity index (χ0) is 11.7. The summed E-state index contributed by atoms with van der Waals surface area (Å²) in [5.41, 5.74) is 2.40. The molecule has 0 saturated carbocycles. The van der Waals surface area contributed by atoms with Crippen molar-refractivity contribution >= 4 is 28.5 Å². The highest BCUT2D eigenvalue weighted by atomic mass is 35.5. The van der Waals surface area contributed by atoms with Crippen LogP contribution in [0.2, 0.25) is 5.02 Å². The van der Waals surface area contributed by atoms with Crippen molar-refractivity contribution in [3.63, 3.8) is 0 Å². The first kappa shape index (κ1) is 11.0. The van der Waals surface area contributed by atoms with Gasteiger partial charge in [-0.2, -0.15) is 0 Å². The lowest BCUT2D eigenvalue weighted by atomic mass is 10.1. The second-order valence-corrected chi connectivity index (χ2v) is 3.98. The summed E-state index contributed by atoms with van der Waals surface area (Å²) < 4.78 is 4.96. The zero-order valence-electron chi connectivity index (χ0n) is 9.13. The largest absolute Gasteiger partial charge is 0.462 e. The Morgan fingerprint density at radius 2 is 2.25 bits per heavy atom. The van der Waals surface area contributed by atoms with Crippen molar-refractivity contribution in [2.24, 2.45) is 0 Å². The normalized spacial score (nSPS) is 10.7. The number of H-pyrrole nitrogens is 1. The predicted octanol–water partition coefficient (Wildman–Crippen LogP) is 3.31. The first-order valence-electron chi connectivity index (χ1n) is 5.08. The van der Waals surface area contributed by atoms with Crippen molar-refractivity contribution < 1.29 is 9.53 Å². The summed E-state index contributed by atoms with van der Waals surface area (Å²) in [5, 5.41) is 1.45. The van der Waals surface area contributed by atoms with Crippen molar-refractivity contribution in [2.75, 3.05) is 6.61 Å². The number of aryl methyl sites for hydroxylation is 1. The van der Waals surface area contributed by atoms with Crippen LogP contribution in [-0.2, 0) is 4.74 Å². The SMILES string of the molecule is CCOC(=O)c1c[nH]c2cc(C)c(Cl)cc12. The summed E-state index contributed by atoms with van der Waals surface area (Å²) >= 11 is 6.03. The van der Waals surface area contributed by atoms with Gasteiger partial charge in [-0.1, -0.05) is 11.6 Å². The highest BCUT2D eigenvalue weighted by molar-refractivity contribution is 6.32. The molecule has 16 heavy (non-hydrogen) atoms. The minimum Gasteiger partial charge on any atom is -0.462 e. The standard InChI is InChI=1S/C12H12ClNO2/c1-3-16-12(15)9-6-14-11-4-7(2)10(13)5-8(9)11/h4-6,14H,3H2,1-2H3. The Morgan fingerprint density at radius 3 is 2.94 bits per heavy atom. The highest BCUT2D eigenvalue weighted by Gasteiger charge is 2.13. The topological polar surface area (TPSA) is 42.1 Å². The maximum Gasteiger partial charge on any atom is 0.340 e. The second-order valence-electron chi connectivity index (χ2n) is 3.57. The Hall–Kier alpha value is -1.48. The molecule has 0 radical (unpaired) electrons. The molecule has 0 amide bonds. The molecule has 1 aromatic heterocycles. The number of hydrogen-bond donors (Lipinski definition) is 1. The third-order valence-corrected chi connectivity index (χ3v) is 2.86. The number of nitrogens with one attached hydrogen (secondary N) is 1. The molecule has 0 saturated heterocycles. The van der Waals surface area contributed by atoms with Crippen LogP contribution in [0.5, 0.6) is 0 Å². The molecule has 0 unspecified atom stereocenters. The minimum atomic E-state index is -0.325. The molecule has 1 heterocycles. The van der Waals surface area contributed by atoms with Crippen molar-refractivity contribution in [1.82, 2.24) is 4.98 Å². The van der Waals surface area contributed by atoms with Gasteiger partial charge in [0.1, 0.15) is 0 Å². The number of carbonyl (C=O) groups is 1. The first-order chi connectivity index (χ1) is 7.63. The average molecular weight is 238 g/mol. The van der Waals surface area contributed by atoms with Gasteiger partial charge < -0.3 is 9.72 Å². The van der Waals surface area contributed by atoms with E-state index >= 15 is 0 Å². The molecule has 1 aromatic carbocycles. The number of halogens is 1. The molecule has 0 aliphatic rings. The van der Waals surface area contributed by atoms with Gasteiger partial charge in [-0.15, -0.1) is 0 Å². The Morgan fingerprint density at radius 1 is 1.50 bits per heavy atom. The van der Waals surface area contributed by atoms with Gasteiger partial charge in [0.2, 0.25) is 0 Å². The number of ether oxygens (including phenoxy) is 1. The quantitative estimate of drug-likeness (QED) is 0.815. The summed E-state index contributed by atoms with van der Waals surface area (Å²) in [5.74, 6) is -0.325. The van der Waals surface area contributed by atoms with Crippen molar-refractivity contribution in [2.45, 2.75) is 13.8 Å².